The van der Waals surface area contributed by atoms with E-state index in [1.54, 1.807) is 0 Å². The van der Waals surface area contributed by atoms with Crippen LogP contribution >= 0.6 is 11.8 Å². The van der Waals surface area contributed by atoms with Crippen LogP contribution in [-0.4, -0.2) is 33.7 Å². The van der Waals surface area contributed by atoms with Crippen LogP contribution in [0.4, 0.5) is 0 Å². The van der Waals surface area contributed by atoms with E-state index in [2.05, 4.69) is 11.8 Å². The van der Waals surface area contributed by atoms with E-state index in [-0.39, 0.29) is 0 Å². The van der Waals surface area contributed by atoms with E-state index in [1.165, 1.54) is 127 Å². The van der Waals surface area contributed by atoms with E-state index < -0.39 is 11.9 Å². The summed E-state index contributed by atoms with van der Waals surface area (Å²) in [5.74, 6) is 1.35. The van der Waals surface area contributed by atoms with Gasteiger partial charge in [-0.15, -0.1) is 0 Å². The average molecular weight is 487 g/mol. The van der Waals surface area contributed by atoms with Gasteiger partial charge in [-0.2, -0.15) is 11.8 Å². The van der Waals surface area contributed by atoms with Crippen molar-refractivity contribution in [2.45, 2.75) is 154 Å². The molecule has 0 saturated heterocycles. The minimum absolute atomic E-state index is 0.333. The monoisotopic (exact) mass is 486 g/mol. The topological polar surface area (TPSA) is 74.6 Å². The summed E-state index contributed by atoms with van der Waals surface area (Å²) in [6, 6.07) is 0. The minimum Gasteiger partial charge on any atom is -0.481 e. The molecular weight excluding hydrogens is 432 g/mol. The average Bonchev–Trinajstić information content (AvgIpc) is 2.78. The van der Waals surface area contributed by atoms with Crippen LogP contribution in [0.3, 0.4) is 0 Å². The van der Waals surface area contributed by atoms with Gasteiger partial charge in [0.1, 0.15) is 0 Å². The second kappa shape index (κ2) is 27.5. The van der Waals surface area contributed by atoms with Crippen molar-refractivity contribution in [2.75, 3.05) is 11.5 Å². The minimum atomic E-state index is -0.661. The van der Waals surface area contributed by atoms with Crippen LogP contribution in [0.15, 0.2) is 0 Å². The van der Waals surface area contributed by atoms with Crippen LogP contribution in [0, 0.1) is 0 Å². The lowest BCUT2D eigenvalue weighted by Gasteiger charge is -2.04. The number of hydrogen-bond donors (Lipinski definition) is 2. The van der Waals surface area contributed by atoms with Gasteiger partial charge in [0.05, 0.1) is 0 Å². The molecule has 5 heteroatoms. The van der Waals surface area contributed by atoms with E-state index in [0.717, 1.165) is 25.7 Å². The second-order valence-corrected chi connectivity index (χ2v) is 10.9. The van der Waals surface area contributed by atoms with Crippen molar-refractivity contribution in [3.05, 3.63) is 0 Å². The van der Waals surface area contributed by atoms with Crippen LogP contribution in [0.25, 0.3) is 0 Å². The number of unbranched alkanes of at least 4 members (excludes halogenated alkanes) is 20. The van der Waals surface area contributed by atoms with Gasteiger partial charge in [0.2, 0.25) is 0 Å². The molecule has 0 aromatic rings. The van der Waals surface area contributed by atoms with Crippen molar-refractivity contribution in [2.24, 2.45) is 0 Å². The third-order valence-corrected chi connectivity index (χ3v) is 7.51. The summed E-state index contributed by atoms with van der Waals surface area (Å²) in [7, 11) is 0. The molecule has 0 aliphatic heterocycles. The molecule has 0 heterocycles. The highest BCUT2D eigenvalue weighted by molar-refractivity contribution is 7.99. The van der Waals surface area contributed by atoms with Gasteiger partial charge in [-0.1, -0.05) is 116 Å². The highest BCUT2D eigenvalue weighted by Gasteiger charge is 1.98. The van der Waals surface area contributed by atoms with E-state index in [1.807, 2.05) is 0 Å². The molecule has 0 unspecified atom stereocenters. The zero-order valence-corrected chi connectivity index (χ0v) is 22.3. The van der Waals surface area contributed by atoms with Crippen LogP contribution < -0.4 is 0 Å². The lowest BCUT2D eigenvalue weighted by molar-refractivity contribution is -0.138. The van der Waals surface area contributed by atoms with E-state index in [4.69, 9.17) is 10.2 Å². The predicted octanol–water partition coefficient (Wildman–Crippen LogP) is 9.25. The Hall–Kier alpha value is -0.710. The summed E-state index contributed by atoms with van der Waals surface area (Å²) < 4.78 is 0. The maximum Gasteiger partial charge on any atom is 0.303 e. The smallest absolute Gasteiger partial charge is 0.303 e. The largest absolute Gasteiger partial charge is 0.481 e. The van der Waals surface area contributed by atoms with Crippen molar-refractivity contribution in [3.8, 4) is 0 Å². The summed E-state index contributed by atoms with van der Waals surface area (Å²) in [5, 5.41) is 17.2. The molecule has 0 spiro atoms. The molecule has 2 N–H and O–H groups in total. The van der Waals surface area contributed by atoms with Gasteiger partial charge in [0.15, 0.2) is 0 Å². The normalized spacial score (nSPS) is 11.2. The molecule has 0 atom stereocenters. The van der Waals surface area contributed by atoms with Crippen molar-refractivity contribution >= 4 is 23.7 Å². The van der Waals surface area contributed by atoms with Crippen LogP contribution in [0.1, 0.15) is 154 Å². The van der Waals surface area contributed by atoms with Gasteiger partial charge in [-0.25, -0.2) is 0 Å². The van der Waals surface area contributed by atoms with Gasteiger partial charge in [-0.3, -0.25) is 9.59 Å². The molecule has 0 saturated carbocycles. The van der Waals surface area contributed by atoms with Gasteiger partial charge in [-0.05, 0) is 37.2 Å². The fourth-order valence-electron chi connectivity index (χ4n) is 4.24. The molecule has 196 valence electrons. The molecule has 0 fully saturated rings. The van der Waals surface area contributed by atoms with Crippen LogP contribution in [-0.2, 0) is 9.59 Å². The zero-order chi connectivity index (χ0) is 24.2. The first-order chi connectivity index (χ1) is 16.1. The molecule has 0 rings (SSSR count). The first-order valence-electron chi connectivity index (χ1n) is 14.1. The molecule has 0 radical (unpaired) electrons. The van der Waals surface area contributed by atoms with Gasteiger partial charge in [0, 0.05) is 12.8 Å². The quantitative estimate of drug-likeness (QED) is 0.108. The SMILES string of the molecule is O=C(O)CCCCCCCCCCCCCSCCCCCCCCCCCCCC(=O)O. The third-order valence-electron chi connectivity index (χ3n) is 6.36. The third kappa shape index (κ3) is 31.3. The van der Waals surface area contributed by atoms with E-state index in [9.17, 15) is 9.59 Å². The molecule has 0 aromatic heterocycles. The van der Waals surface area contributed by atoms with E-state index in [0.29, 0.717) is 12.8 Å². The summed E-state index contributed by atoms with van der Waals surface area (Å²) in [6.45, 7) is 0. The van der Waals surface area contributed by atoms with Crippen molar-refractivity contribution in [1.29, 1.82) is 0 Å². The number of carboxylic acid groups (broad SMARTS) is 2. The molecule has 0 aliphatic rings. The molecule has 0 aromatic carbocycles. The highest BCUT2D eigenvalue weighted by atomic mass is 32.2. The van der Waals surface area contributed by atoms with Crippen molar-refractivity contribution in [3.63, 3.8) is 0 Å². The Morgan fingerprint density at radius 1 is 0.364 bits per heavy atom. The standard InChI is InChI=1S/C28H54O4S/c29-27(30)23-19-15-11-7-3-1-5-9-13-17-21-25-33-26-22-18-14-10-6-2-4-8-12-16-20-24-28(31)32/h1-26H2,(H,29,30)(H,31,32). The molecule has 4 nitrogen and oxygen atoms in total. The van der Waals surface area contributed by atoms with Crippen LogP contribution in [0.5, 0.6) is 0 Å². The van der Waals surface area contributed by atoms with Crippen molar-refractivity contribution < 1.29 is 19.8 Å². The number of rotatable bonds is 28. The predicted molar refractivity (Wildman–Crippen MR) is 143 cm³/mol. The zero-order valence-electron chi connectivity index (χ0n) is 21.5. The Balaban J connectivity index is 3.02. The lowest BCUT2D eigenvalue weighted by atomic mass is 10.1. The maximum atomic E-state index is 10.4. The number of thioether (sulfide) groups is 1. The number of carbonyl (C=O) groups is 2. The number of hydrogen-bond acceptors (Lipinski definition) is 3. The summed E-state index contributed by atoms with van der Waals surface area (Å²) >= 11 is 2.15. The summed E-state index contributed by atoms with van der Waals surface area (Å²) in [5.41, 5.74) is 0. The molecule has 0 amide bonds. The van der Waals surface area contributed by atoms with Crippen LogP contribution in [0.2, 0.25) is 0 Å². The lowest BCUT2D eigenvalue weighted by Crippen LogP contribution is -1.93. The molecular formula is C28H54O4S. The fraction of sp³-hybridized carbons (Fsp3) is 0.929. The first kappa shape index (κ1) is 32.3. The Labute approximate surface area is 209 Å². The maximum absolute atomic E-state index is 10.4. The number of aliphatic carboxylic acids is 2. The Bertz CT molecular complexity index is 390. The second-order valence-electron chi connectivity index (χ2n) is 9.68. The fourth-order valence-corrected chi connectivity index (χ4v) is 5.27. The highest BCUT2D eigenvalue weighted by Crippen LogP contribution is 2.16. The van der Waals surface area contributed by atoms with Gasteiger partial charge < -0.3 is 10.2 Å². The summed E-state index contributed by atoms with van der Waals surface area (Å²) in [4.78, 5) is 20.9. The first-order valence-corrected chi connectivity index (χ1v) is 15.3. The van der Waals surface area contributed by atoms with Gasteiger partial charge in [0.25, 0.3) is 0 Å². The Morgan fingerprint density at radius 2 is 0.576 bits per heavy atom. The molecule has 0 bridgehead atoms. The Kier molecular flexibility index (Phi) is 26.9. The van der Waals surface area contributed by atoms with Crippen molar-refractivity contribution in [1.82, 2.24) is 0 Å². The van der Waals surface area contributed by atoms with Gasteiger partial charge >= 0.3 is 11.9 Å². The molecule has 33 heavy (non-hydrogen) atoms. The van der Waals surface area contributed by atoms with E-state index >= 15 is 0 Å². The number of carboxylic acids is 2. The Morgan fingerprint density at radius 3 is 0.818 bits per heavy atom. The molecule has 0 aliphatic carbocycles. The summed E-state index contributed by atoms with van der Waals surface area (Å²) in [6.07, 6.45) is 28.6.